The van der Waals surface area contributed by atoms with E-state index in [0.29, 0.717) is 70.4 Å². The van der Waals surface area contributed by atoms with Crippen molar-refractivity contribution in [3.05, 3.63) is 70.8 Å². The van der Waals surface area contributed by atoms with Gasteiger partial charge in [-0.15, -0.1) is 0 Å². The number of hydrogen-bond acceptors (Lipinski definition) is 0. The van der Waals surface area contributed by atoms with Crippen molar-refractivity contribution in [3.63, 3.8) is 0 Å². The maximum absolute atomic E-state index is 2.41. The van der Waals surface area contributed by atoms with Crippen LogP contribution >= 0.6 is 9.90 Å². The van der Waals surface area contributed by atoms with E-state index in [-0.39, 0.29) is 39.0 Å². The second kappa shape index (κ2) is 39.0. The Bertz CT molecular complexity index is 2540. The Morgan fingerprint density at radius 2 is 0.434 bits per heavy atom. The first-order valence-corrected chi connectivity index (χ1v) is 43.9. The number of hydrogen-bond donors (Lipinski definition) is 0. The van der Waals surface area contributed by atoms with Crippen LogP contribution in [0.1, 0.15) is 471 Å². The second-order valence-corrected chi connectivity index (χ2v) is 52.8. The van der Waals surface area contributed by atoms with Crippen molar-refractivity contribution in [2.45, 2.75) is 471 Å². The van der Waals surface area contributed by atoms with Gasteiger partial charge in [0.05, 0.1) is 0 Å². The molecule has 0 aromatic heterocycles. The third kappa shape index (κ3) is 36.6. The molecule has 1 heteroatoms. The zero-order chi connectivity index (χ0) is 82.3. The van der Waals surface area contributed by atoms with Gasteiger partial charge in [-0.05, 0) is 270 Å². The molecule has 0 N–H and O–H groups in total. The van der Waals surface area contributed by atoms with Gasteiger partial charge in [-0.1, -0.05) is 401 Å². The SMILES string of the molecule is C.CC(C)(C)C1(C(C)(C)C)CC1.CC(C)(C)C1CC1C(C)(C)C.CC(C)(C)C1CCC(C(C)(C)C)C1.CC(C)(C)C1CCC(C(C)(C)C)CC1.CC(C)(C)C1CCCC(C(C)(C)C)C1.CC(C)(C)C1CCCC1C(C)(C)C.CC(C)(C)c1ccc(C(C)(C)C)cc1.CC(C)(C)c1cccc(C(C)(C)C)c1.P. The average molecular weight is 1500 g/mol. The molecular formula is C105H203P. The third-order valence-corrected chi connectivity index (χ3v) is 27.8. The molecule has 6 fully saturated rings. The molecule has 0 saturated heterocycles. The molecule has 0 heterocycles. The zero-order valence-corrected chi connectivity index (χ0v) is 83.0. The van der Waals surface area contributed by atoms with Crippen molar-refractivity contribution in [1.82, 2.24) is 0 Å². The van der Waals surface area contributed by atoms with Crippen LogP contribution in [-0.4, -0.2) is 0 Å². The average Bonchev–Trinajstić information content (AvgIpc) is 1.57. The Hall–Kier alpha value is -1.13. The maximum Gasteiger partial charge on any atom is -0.0132 e. The van der Waals surface area contributed by atoms with Gasteiger partial charge in [0.25, 0.3) is 0 Å². The second-order valence-electron chi connectivity index (χ2n) is 52.8. The van der Waals surface area contributed by atoms with Crippen molar-refractivity contribution >= 4 is 9.90 Å². The van der Waals surface area contributed by atoms with Crippen LogP contribution < -0.4 is 0 Å². The molecule has 106 heavy (non-hydrogen) atoms. The van der Waals surface area contributed by atoms with Crippen LogP contribution in [-0.2, 0) is 21.7 Å². The molecule has 2 aromatic carbocycles. The highest BCUT2D eigenvalue weighted by atomic mass is 31.0. The lowest BCUT2D eigenvalue weighted by Gasteiger charge is -2.42. The highest BCUT2D eigenvalue weighted by Gasteiger charge is 2.58. The first-order chi connectivity index (χ1) is 45.7. The highest BCUT2D eigenvalue weighted by Crippen LogP contribution is 2.68. The quantitative estimate of drug-likeness (QED) is 0.231. The van der Waals surface area contributed by atoms with Gasteiger partial charge in [-0.3, -0.25) is 0 Å². The molecule has 0 nitrogen and oxygen atoms in total. The van der Waals surface area contributed by atoms with Crippen molar-refractivity contribution in [1.29, 1.82) is 0 Å². The predicted octanol–water partition coefficient (Wildman–Crippen LogP) is 35.6. The zero-order valence-electron chi connectivity index (χ0n) is 81.6. The van der Waals surface area contributed by atoms with E-state index in [4.69, 9.17) is 0 Å². The first kappa shape index (κ1) is 107. The largest absolute Gasteiger partial charge is 0.153 e. The van der Waals surface area contributed by atoms with E-state index in [9.17, 15) is 0 Å². The summed E-state index contributed by atoms with van der Waals surface area (Å²) in [6, 6.07) is 17.9. The van der Waals surface area contributed by atoms with Crippen LogP contribution in [0.3, 0.4) is 0 Å². The van der Waals surface area contributed by atoms with Crippen molar-refractivity contribution < 1.29 is 0 Å². The van der Waals surface area contributed by atoms with Gasteiger partial charge >= 0.3 is 0 Å². The van der Waals surface area contributed by atoms with Gasteiger partial charge in [-0.2, -0.15) is 9.90 Å². The molecule has 0 spiro atoms. The number of rotatable bonds is 0. The molecule has 8 rings (SSSR count). The van der Waals surface area contributed by atoms with Gasteiger partial charge in [-0.25, -0.2) is 0 Å². The Labute approximate surface area is 676 Å². The monoisotopic (exact) mass is 1500 g/mol. The Balaban J connectivity index is 0. The van der Waals surface area contributed by atoms with Gasteiger partial charge in [0.1, 0.15) is 0 Å². The summed E-state index contributed by atoms with van der Waals surface area (Å²) < 4.78 is 0. The lowest BCUT2D eigenvalue weighted by molar-refractivity contribution is 0.0745. The van der Waals surface area contributed by atoms with Gasteiger partial charge in [0, 0.05) is 0 Å². The van der Waals surface area contributed by atoms with Crippen LogP contribution in [0.2, 0.25) is 0 Å². The van der Waals surface area contributed by atoms with E-state index in [1.54, 1.807) is 0 Å². The molecule has 0 aliphatic heterocycles. The highest BCUT2D eigenvalue weighted by molar-refractivity contribution is 6.92. The summed E-state index contributed by atoms with van der Waals surface area (Å²) in [6.07, 6.45) is 24.6. The summed E-state index contributed by atoms with van der Waals surface area (Å²) in [5.41, 5.74) is 13.5. The summed E-state index contributed by atoms with van der Waals surface area (Å²) in [5, 5.41) is 0. The minimum Gasteiger partial charge on any atom is -0.153 e. The van der Waals surface area contributed by atoms with E-state index in [0.717, 1.165) is 59.2 Å². The summed E-state index contributed by atoms with van der Waals surface area (Å²) >= 11 is 0. The molecule has 2 aromatic rings. The summed E-state index contributed by atoms with van der Waals surface area (Å²) in [6.45, 7) is 113. The summed E-state index contributed by atoms with van der Waals surface area (Å²) in [7, 11) is 0. The first-order valence-electron chi connectivity index (χ1n) is 43.9. The van der Waals surface area contributed by atoms with Gasteiger partial charge in [0.2, 0.25) is 0 Å². The van der Waals surface area contributed by atoms with Crippen LogP contribution in [0.25, 0.3) is 0 Å². The van der Waals surface area contributed by atoms with Crippen LogP contribution in [0.4, 0.5) is 0 Å². The smallest absolute Gasteiger partial charge is 0.0132 e. The van der Waals surface area contributed by atoms with Gasteiger partial charge < -0.3 is 0 Å². The van der Waals surface area contributed by atoms with E-state index >= 15 is 0 Å². The lowest BCUT2D eigenvalue weighted by atomic mass is 9.63. The topological polar surface area (TPSA) is 0 Å². The molecule has 0 bridgehead atoms. The van der Waals surface area contributed by atoms with Crippen LogP contribution in [0.5, 0.6) is 0 Å². The molecule has 628 valence electrons. The molecule has 9 unspecified atom stereocenters. The van der Waals surface area contributed by atoms with Gasteiger partial charge in [0.15, 0.2) is 0 Å². The van der Waals surface area contributed by atoms with E-state index in [1.807, 2.05) is 0 Å². The minimum atomic E-state index is 0. The van der Waals surface area contributed by atoms with Crippen molar-refractivity contribution in [3.8, 4) is 0 Å². The Morgan fingerprint density at radius 1 is 0.226 bits per heavy atom. The van der Waals surface area contributed by atoms with Crippen LogP contribution in [0.15, 0.2) is 48.5 Å². The normalized spacial score (nSPS) is 24.8. The maximum atomic E-state index is 2.41. The summed E-state index contributed by atoms with van der Waals surface area (Å²) in [4.78, 5) is 0. The van der Waals surface area contributed by atoms with E-state index < -0.39 is 0 Å². The lowest BCUT2D eigenvalue weighted by Crippen LogP contribution is -2.34. The molecule has 6 aliphatic carbocycles. The molecular weight excluding hydrogens is 1290 g/mol. The standard InChI is InChI=1S/C14H28.C14H22.C14H28.C14H22.2C13H26.2C11H22.CH4.H3P/c2*1-13(2,3)11-7-9-12(10-8-11)14(4,5)6;2*1-13(2,3)11-8-7-9-12(10-11)14(4,5)6;1-12(2,3)10-7-8-11(9-10)13(4,5)6;1-12(2,3)10-8-7-9-11(10)13(4,5)6;1-10(2,3)8-7-9(8)11(4,5)6;1-9(2,3)11(7-8-11)10(4,5)6;;/h11-12H,7-10H2,1-6H3;7-10H,1-6H3;11-12H,7-10H2,1-6H3;7-10H,1-6H3;2*10-11H,7-9H2,1-6H3;8-9H,7H2,1-6H3;7-8H2,1-6H3;1H4;1H3. The number of benzene rings is 2. The summed E-state index contributed by atoms with van der Waals surface area (Å²) in [5.74, 6) is 9.54. The fraction of sp³-hybridized carbons (Fsp3) is 0.886. The van der Waals surface area contributed by atoms with E-state index in [2.05, 4.69) is 381 Å². The third-order valence-electron chi connectivity index (χ3n) is 27.8. The molecule has 0 radical (unpaired) electrons. The predicted molar refractivity (Wildman–Crippen MR) is 495 cm³/mol. The van der Waals surface area contributed by atoms with Crippen molar-refractivity contribution in [2.24, 2.45) is 130 Å². The fourth-order valence-electron chi connectivity index (χ4n) is 19.0. The molecule has 9 atom stereocenters. The fourth-order valence-corrected chi connectivity index (χ4v) is 19.0. The molecule has 6 aliphatic rings. The Kier molecular flexibility index (Phi) is 39.3. The van der Waals surface area contributed by atoms with Crippen molar-refractivity contribution in [2.75, 3.05) is 0 Å². The minimum absolute atomic E-state index is 0. The van der Waals surface area contributed by atoms with E-state index in [1.165, 1.54) is 131 Å². The van der Waals surface area contributed by atoms with Crippen LogP contribution in [0, 0.1) is 130 Å². The molecule has 6 saturated carbocycles. The Morgan fingerprint density at radius 3 is 0.594 bits per heavy atom. The molecule has 0 amide bonds.